The van der Waals surface area contributed by atoms with Crippen molar-refractivity contribution in [2.75, 3.05) is 20.1 Å². The molecule has 5 atom stereocenters. The number of rotatable bonds is 4. The van der Waals surface area contributed by atoms with E-state index in [1.165, 1.54) is 47.6 Å². The number of phenolic OH excluding ortho intramolecular Hbond substituents is 1. The maximum atomic E-state index is 13.7. The summed E-state index contributed by atoms with van der Waals surface area (Å²) in [6.07, 6.45) is 11.2. The highest BCUT2D eigenvalue weighted by molar-refractivity contribution is 5.94. The van der Waals surface area contributed by atoms with Gasteiger partial charge >= 0.3 is 0 Å². The smallest absolute Gasteiger partial charge is 0.255 e. The average Bonchev–Trinajstić information content (AvgIpc) is 3.65. The number of aromatic hydroxyl groups is 1. The van der Waals surface area contributed by atoms with E-state index in [0.29, 0.717) is 23.3 Å². The highest BCUT2D eigenvalue weighted by atomic mass is 16.3. The molecule has 0 spiro atoms. The second-order valence-corrected chi connectivity index (χ2v) is 12.4. The lowest BCUT2D eigenvalue weighted by Gasteiger charge is -2.67. The van der Waals surface area contributed by atoms with Gasteiger partial charge in [-0.25, -0.2) is 0 Å². The van der Waals surface area contributed by atoms with E-state index in [9.17, 15) is 14.7 Å². The minimum Gasteiger partial charge on any atom is -0.508 e. The Morgan fingerprint density at radius 3 is 2.69 bits per heavy atom. The van der Waals surface area contributed by atoms with Gasteiger partial charge in [-0.1, -0.05) is 6.07 Å². The molecule has 0 radical (unpaired) electrons. The minimum absolute atomic E-state index is 0.000983. The van der Waals surface area contributed by atoms with Gasteiger partial charge in [0.05, 0.1) is 5.56 Å². The van der Waals surface area contributed by atoms with Crippen LogP contribution in [0.3, 0.4) is 0 Å². The van der Waals surface area contributed by atoms with Crippen LogP contribution in [0.4, 0.5) is 0 Å². The molecule has 5 aliphatic rings. The Morgan fingerprint density at radius 1 is 1.11 bits per heavy atom. The quantitative estimate of drug-likeness (QED) is 0.714. The number of carbonyl (C=O) groups excluding carboxylic acids is 1. The monoisotopic (exact) mass is 487 g/mol. The van der Waals surface area contributed by atoms with Crippen LogP contribution in [0.2, 0.25) is 0 Å². The number of piperidine rings is 1. The number of carbonyl (C=O) groups is 1. The zero-order chi connectivity index (χ0) is 24.8. The summed E-state index contributed by atoms with van der Waals surface area (Å²) in [7, 11) is 3.66. The van der Waals surface area contributed by atoms with Crippen molar-refractivity contribution in [2.45, 2.75) is 68.9 Å². The summed E-state index contributed by atoms with van der Waals surface area (Å²) in [5.41, 5.74) is 3.52. The Kier molecular flexibility index (Phi) is 4.83. The van der Waals surface area contributed by atoms with E-state index in [1.54, 1.807) is 19.3 Å². The van der Waals surface area contributed by atoms with E-state index in [2.05, 4.69) is 17.0 Å². The molecular formula is C30H37N3O3. The highest BCUT2D eigenvalue weighted by Gasteiger charge is 2.71. The number of hydrogen-bond donors (Lipinski definition) is 1. The van der Waals surface area contributed by atoms with E-state index in [1.807, 2.05) is 18.0 Å². The molecule has 4 aliphatic carbocycles. The highest BCUT2D eigenvalue weighted by Crippen LogP contribution is 2.72. The molecule has 7 rings (SSSR count). The molecule has 2 aromatic rings. The predicted octanol–water partition coefficient (Wildman–Crippen LogP) is 3.70. The van der Waals surface area contributed by atoms with E-state index in [0.717, 1.165) is 44.6 Å². The van der Waals surface area contributed by atoms with Gasteiger partial charge in [0.2, 0.25) is 5.56 Å². The number of nitrogens with zero attached hydrogens (tertiary/aromatic N) is 3. The molecule has 1 aromatic carbocycles. The third-order valence-corrected chi connectivity index (χ3v) is 11.0. The van der Waals surface area contributed by atoms with Crippen molar-refractivity contribution in [3.8, 4) is 5.75 Å². The van der Waals surface area contributed by atoms with E-state index < -0.39 is 0 Å². The first-order valence-corrected chi connectivity index (χ1v) is 13.8. The Bertz CT molecular complexity index is 1300. The topological polar surface area (TPSA) is 65.8 Å². The molecule has 4 bridgehead atoms. The molecular weight excluding hydrogens is 450 g/mol. The average molecular weight is 488 g/mol. The fourth-order valence-corrected chi connectivity index (χ4v) is 9.30. The van der Waals surface area contributed by atoms with E-state index in [4.69, 9.17) is 0 Å². The number of aryl methyl sites for hydroxylation is 1. The first-order valence-electron chi connectivity index (χ1n) is 13.8. The lowest BCUT2D eigenvalue weighted by Crippen LogP contribution is -2.70. The molecule has 1 N–H and O–H groups in total. The number of aromatic nitrogens is 1. The standard InChI is InChI=1S/C30H37N3O3/c1-31-18-21(6-8-27(31)35)28(36)32(2)25-10-12-29-11-9-23(25)30(29)13-14-33(17-19-3-4-19)26(29)15-20-5-7-22(34)16-24(20)30/h5-8,16,18-19,23,25-26,34H,3-4,9-15,17H2,1-2H3. The molecule has 1 aromatic heterocycles. The number of hydrogen-bond acceptors (Lipinski definition) is 4. The molecule has 36 heavy (non-hydrogen) atoms. The maximum absolute atomic E-state index is 13.7. The molecule has 1 saturated heterocycles. The van der Waals surface area contributed by atoms with Crippen molar-refractivity contribution in [1.82, 2.24) is 14.4 Å². The third-order valence-electron chi connectivity index (χ3n) is 11.0. The van der Waals surface area contributed by atoms with Crippen molar-refractivity contribution in [2.24, 2.45) is 24.3 Å². The summed E-state index contributed by atoms with van der Waals surface area (Å²) in [6, 6.07) is 10.0. The molecule has 5 unspecified atom stereocenters. The fraction of sp³-hybridized carbons (Fsp3) is 0.600. The molecule has 190 valence electrons. The third kappa shape index (κ3) is 2.94. The van der Waals surface area contributed by atoms with Crippen LogP contribution in [0.25, 0.3) is 0 Å². The van der Waals surface area contributed by atoms with Crippen LogP contribution >= 0.6 is 0 Å². The number of phenols is 1. The van der Waals surface area contributed by atoms with E-state index in [-0.39, 0.29) is 28.3 Å². The van der Waals surface area contributed by atoms with Crippen LogP contribution in [0.5, 0.6) is 5.75 Å². The van der Waals surface area contributed by atoms with Crippen LogP contribution < -0.4 is 5.56 Å². The molecule has 1 amide bonds. The summed E-state index contributed by atoms with van der Waals surface area (Å²) in [4.78, 5) is 30.4. The molecule has 3 saturated carbocycles. The Hall–Kier alpha value is -2.60. The largest absolute Gasteiger partial charge is 0.508 e. The van der Waals surface area contributed by atoms with Gasteiger partial charge in [-0.2, -0.15) is 0 Å². The molecule has 1 aliphatic heterocycles. The number of fused-ring (bicyclic) bond motifs is 1. The van der Waals surface area contributed by atoms with Crippen molar-refractivity contribution >= 4 is 5.91 Å². The van der Waals surface area contributed by atoms with Crippen LogP contribution in [0.1, 0.15) is 66.4 Å². The summed E-state index contributed by atoms with van der Waals surface area (Å²) in [6.45, 7) is 2.37. The van der Waals surface area contributed by atoms with E-state index >= 15 is 0 Å². The van der Waals surface area contributed by atoms with Gasteiger partial charge in [-0.3, -0.25) is 14.5 Å². The first kappa shape index (κ1) is 22.6. The zero-order valence-corrected chi connectivity index (χ0v) is 21.4. The summed E-state index contributed by atoms with van der Waals surface area (Å²) in [5, 5.41) is 10.6. The Morgan fingerprint density at radius 2 is 1.92 bits per heavy atom. The van der Waals surface area contributed by atoms with Crippen LogP contribution in [-0.2, 0) is 18.9 Å². The molecule has 6 heteroatoms. The number of pyridine rings is 1. The van der Waals surface area contributed by atoms with Gasteiger partial charge in [0.1, 0.15) is 5.75 Å². The number of amides is 1. The lowest BCUT2D eigenvalue weighted by atomic mass is 9.43. The summed E-state index contributed by atoms with van der Waals surface area (Å²) >= 11 is 0. The van der Waals surface area contributed by atoms with Crippen molar-refractivity contribution in [1.29, 1.82) is 0 Å². The van der Waals surface area contributed by atoms with Crippen LogP contribution in [-0.4, -0.2) is 57.6 Å². The minimum atomic E-state index is -0.103. The van der Waals surface area contributed by atoms with Gasteiger partial charge in [-0.05, 0) is 104 Å². The van der Waals surface area contributed by atoms with Gasteiger partial charge in [-0.15, -0.1) is 0 Å². The van der Waals surface area contributed by atoms with Gasteiger partial charge in [0.25, 0.3) is 5.91 Å². The summed E-state index contributed by atoms with van der Waals surface area (Å²) < 4.78 is 1.49. The fourth-order valence-electron chi connectivity index (χ4n) is 9.30. The number of likely N-dealkylation sites (tertiary alicyclic amines) is 1. The molecule has 4 fully saturated rings. The Labute approximate surface area is 212 Å². The van der Waals surface area contributed by atoms with Crippen molar-refractivity contribution in [3.63, 3.8) is 0 Å². The molecule has 2 heterocycles. The van der Waals surface area contributed by atoms with Gasteiger partial charge in [0.15, 0.2) is 0 Å². The maximum Gasteiger partial charge on any atom is 0.255 e. The van der Waals surface area contributed by atoms with Gasteiger partial charge in [0, 0.05) is 50.4 Å². The molecule has 6 nitrogen and oxygen atoms in total. The second-order valence-electron chi connectivity index (χ2n) is 12.4. The van der Waals surface area contributed by atoms with Crippen LogP contribution in [0.15, 0.2) is 41.3 Å². The Balaban J connectivity index is 1.30. The predicted molar refractivity (Wildman–Crippen MR) is 138 cm³/mol. The van der Waals surface area contributed by atoms with Crippen molar-refractivity contribution < 1.29 is 9.90 Å². The zero-order valence-electron chi connectivity index (χ0n) is 21.4. The van der Waals surface area contributed by atoms with Crippen molar-refractivity contribution in [3.05, 3.63) is 63.6 Å². The first-order chi connectivity index (χ1) is 17.3. The van der Waals surface area contributed by atoms with Gasteiger partial charge < -0.3 is 14.6 Å². The summed E-state index contributed by atoms with van der Waals surface area (Å²) in [5.74, 6) is 1.64. The lowest BCUT2D eigenvalue weighted by molar-refractivity contribution is -0.104. The SMILES string of the molecule is CN(C(=O)c1ccc(=O)n(C)c1)C1CCC23CCC1C21CCN(CC2CC2)C3Cc2ccc(O)cc21. The second kappa shape index (κ2) is 7.70. The van der Waals surface area contributed by atoms with Crippen LogP contribution in [0, 0.1) is 17.3 Å². The normalized spacial score (nSPS) is 34.7. The number of benzene rings is 1.